The van der Waals surface area contributed by atoms with Crippen molar-refractivity contribution in [3.8, 4) is 11.5 Å². The van der Waals surface area contributed by atoms with Crippen LogP contribution >= 0.6 is 0 Å². The van der Waals surface area contributed by atoms with Gasteiger partial charge in [0.1, 0.15) is 0 Å². The van der Waals surface area contributed by atoms with Gasteiger partial charge in [-0.2, -0.15) is 5.10 Å². The Bertz CT molecular complexity index is 516. The molecular formula is C15H21N3O2. The molecule has 3 rings (SSSR count). The van der Waals surface area contributed by atoms with E-state index in [0.29, 0.717) is 12.5 Å². The minimum Gasteiger partial charge on any atom is -0.493 e. The van der Waals surface area contributed by atoms with Crippen molar-refractivity contribution in [3.05, 3.63) is 23.8 Å². The van der Waals surface area contributed by atoms with Gasteiger partial charge in [0.25, 0.3) is 0 Å². The molecule has 0 radical (unpaired) electrons. The first-order valence-electron chi connectivity index (χ1n) is 7.17. The highest BCUT2D eigenvalue weighted by Crippen LogP contribution is 2.35. The van der Waals surface area contributed by atoms with Crippen molar-refractivity contribution >= 4 is 5.71 Å². The summed E-state index contributed by atoms with van der Waals surface area (Å²) in [7, 11) is 1.67. The minimum atomic E-state index is 0.224. The van der Waals surface area contributed by atoms with Crippen molar-refractivity contribution in [1.29, 1.82) is 0 Å². The smallest absolute Gasteiger partial charge is 0.161 e. The normalized spacial score (nSPS) is 24.6. The molecule has 0 spiro atoms. The molecule has 108 valence electrons. The van der Waals surface area contributed by atoms with Crippen LogP contribution in [-0.2, 0) is 0 Å². The van der Waals surface area contributed by atoms with Crippen molar-refractivity contribution < 1.29 is 9.47 Å². The lowest BCUT2D eigenvalue weighted by molar-refractivity contribution is 0.310. The van der Waals surface area contributed by atoms with Gasteiger partial charge in [-0.25, -0.2) is 0 Å². The molecule has 5 nitrogen and oxygen atoms in total. The number of methoxy groups -OCH3 is 1. The molecule has 2 aliphatic heterocycles. The van der Waals surface area contributed by atoms with Crippen LogP contribution in [0.1, 0.15) is 24.9 Å². The number of benzene rings is 1. The van der Waals surface area contributed by atoms with Crippen LogP contribution in [0.4, 0.5) is 0 Å². The SMILES string of the molecule is CCOc1ccc(C2NN=C3CCNCC32)cc1OC. The molecule has 1 aromatic rings. The molecule has 2 unspecified atom stereocenters. The third kappa shape index (κ3) is 2.33. The molecular weight excluding hydrogens is 254 g/mol. The molecule has 2 N–H and O–H groups in total. The number of piperidine rings is 1. The van der Waals surface area contributed by atoms with Crippen molar-refractivity contribution in [3.63, 3.8) is 0 Å². The van der Waals surface area contributed by atoms with Gasteiger partial charge in [-0.1, -0.05) is 6.07 Å². The van der Waals surface area contributed by atoms with Crippen LogP contribution in [0.25, 0.3) is 0 Å². The lowest BCUT2D eigenvalue weighted by atomic mass is 9.87. The Balaban J connectivity index is 1.84. The molecule has 0 aromatic heterocycles. The number of hydrogen-bond donors (Lipinski definition) is 2. The third-order valence-electron chi connectivity index (χ3n) is 3.95. The van der Waals surface area contributed by atoms with Gasteiger partial charge < -0.3 is 20.2 Å². The molecule has 20 heavy (non-hydrogen) atoms. The number of ether oxygens (including phenoxy) is 2. The summed E-state index contributed by atoms with van der Waals surface area (Å²) in [5.41, 5.74) is 5.74. The van der Waals surface area contributed by atoms with Gasteiger partial charge in [0.2, 0.25) is 0 Å². The van der Waals surface area contributed by atoms with Crippen molar-refractivity contribution in [2.24, 2.45) is 11.0 Å². The zero-order valence-electron chi connectivity index (χ0n) is 12.0. The number of rotatable bonds is 4. The maximum Gasteiger partial charge on any atom is 0.161 e. The second kappa shape index (κ2) is 5.71. The summed E-state index contributed by atoms with van der Waals surface area (Å²) in [4.78, 5) is 0. The van der Waals surface area contributed by atoms with Crippen LogP contribution in [0.5, 0.6) is 11.5 Å². The number of fused-ring (bicyclic) bond motifs is 1. The summed E-state index contributed by atoms with van der Waals surface area (Å²) in [5.74, 6) is 2.01. The Hall–Kier alpha value is -1.75. The zero-order valence-corrected chi connectivity index (χ0v) is 12.0. The fourth-order valence-corrected chi connectivity index (χ4v) is 2.93. The third-order valence-corrected chi connectivity index (χ3v) is 3.95. The molecule has 0 aliphatic carbocycles. The first-order chi connectivity index (χ1) is 9.83. The summed E-state index contributed by atoms with van der Waals surface area (Å²) in [5, 5.41) is 7.92. The molecule has 1 saturated heterocycles. The Morgan fingerprint density at radius 2 is 2.25 bits per heavy atom. The van der Waals surface area contributed by atoms with Gasteiger partial charge in [-0.3, -0.25) is 0 Å². The fourth-order valence-electron chi connectivity index (χ4n) is 2.93. The predicted molar refractivity (Wildman–Crippen MR) is 78.5 cm³/mol. The van der Waals surface area contributed by atoms with Crippen LogP contribution in [-0.4, -0.2) is 32.5 Å². The van der Waals surface area contributed by atoms with Crippen LogP contribution in [0.3, 0.4) is 0 Å². The summed E-state index contributed by atoms with van der Waals surface area (Å²) in [6.45, 7) is 4.61. The highest BCUT2D eigenvalue weighted by molar-refractivity contribution is 5.89. The Morgan fingerprint density at radius 1 is 1.35 bits per heavy atom. The Kier molecular flexibility index (Phi) is 3.78. The quantitative estimate of drug-likeness (QED) is 0.878. The first-order valence-corrected chi connectivity index (χ1v) is 7.17. The van der Waals surface area contributed by atoms with Crippen molar-refractivity contribution in [1.82, 2.24) is 10.7 Å². The van der Waals surface area contributed by atoms with E-state index in [9.17, 15) is 0 Å². The fraction of sp³-hybridized carbons (Fsp3) is 0.533. The number of hydrogen-bond acceptors (Lipinski definition) is 5. The van der Waals surface area contributed by atoms with E-state index >= 15 is 0 Å². The maximum absolute atomic E-state index is 5.57. The molecule has 2 aliphatic rings. The molecule has 1 fully saturated rings. The summed E-state index contributed by atoms with van der Waals surface area (Å²) in [6.07, 6.45) is 1.03. The lowest BCUT2D eigenvalue weighted by Crippen LogP contribution is -2.38. The summed E-state index contributed by atoms with van der Waals surface area (Å²) < 4.78 is 11.0. The van der Waals surface area contributed by atoms with Gasteiger partial charge in [0.15, 0.2) is 11.5 Å². The summed E-state index contributed by atoms with van der Waals surface area (Å²) in [6, 6.07) is 6.35. The second-order valence-corrected chi connectivity index (χ2v) is 5.11. The highest BCUT2D eigenvalue weighted by Gasteiger charge is 2.34. The molecule has 2 heterocycles. The molecule has 0 amide bonds. The van der Waals surface area contributed by atoms with Crippen LogP contribution in [0.15, 0.2) is 23.3 Å². The first kappa shape index (κ1) is 13.2. The van der Waals surface area contributed by atoms with E-state index in [-0.39, 0.29) is 6.04 Å². The van der Waals surface area contributed by atoms with E-state index < -0.39 is 0 Å². The van der Waals surface area contributed by atoms with Gasteiger partial charge in [0.05, 0.1) is 19.8 Å². The van der Waals surface area contributed by atoms with Crippen LogP contribution < -0.4 is 20.2 Å². The van der Waals surface area contributed by atoms with Gasteiger partial charge in [0, 0.05) is 31.1 Å². The van der Waals surface area contributed by atoms with Crippen LogP contribution in [0.2, 0.25) is 0 Å². The van der Waals surface area contributed by atoms with E-state index in [0.717, 1.165) is 31.0 Å². The largest absolute Gasteiger partial charge is 0.493 e. The van der Waals surface area contributed by atoms with Crippen LogP contribution in [0, 0.1) is 5.92 Å². The summed E-state index contributed by atoms with van der Waals surface area (Å²) >= 11 is 0. The van der Waals surface area contributed by atoms with Crippen molar-refractivity contribution in [2.75, 3.05) is 26.8 Å². The standard InChI is InChI=1S/C15H21N3O2/c1-3-20-13-5-4-10(8-14(13)19-2)15-11-9-16-7-6-12(11)17-18-15/h4-5,8,11,15-16,18H,3,6-7,9H2,1-2H3. The van der Waals surface area contributed by atoms with E-state index in [4.69, 9.17) is 9.47 Å². The minimum absolute atomic E-state index is 0.224. The van der Waals surface area contributed by atoms with Gasteiger partial charge in [-0.05, 0) is 24.6 Å². The molecule has 2 atom stereocenters. The second-order valence-electron chi connectivity index (χ2n) is 5.11. The van der Waals surface area contributed by atoms with E-state index in [1.54, 1.807) is 7.11 Å². The topological polar surface area (TPSA) is 54.9 Å². The lowest BCUT2D eigenvalue weighted by Gasteiger charge is -2.25. The molecule has 5 heteroatoms. The zero-order chi connectivity index (χ0) is 13.9. The maximum atomic E-state index is 5.57. The Morgan fingerprint density at radius 3 is 3.05 bits per heavy atom. The van der Waals surface area contributed by atoms with Gasteiger partial charge >= 0.3 is 0 Å². The number of nitrogens with one attached hydrogen (secondary N) is 2. The van der Waals surface area contributed by atoms with E-state index in [1.807, 2.05) is 13.0 Å². The average Bonchev–Trinajstić information content (AvgIpc) is 2.92. The molecule has 0 saturated carbocycles. The van der Waals surface area contributed by atoms with Crippen molar-refractivity contribution in [2.45, 2.75) is 19.4 Å². The van der Waals surface area contributed by atoms with E-state index in [2.05, 4.69) is 28.0 Å². The highest BCUT2D eigenvalue weighted by atomic mass is 16.5. The monoisotopic (exact) mass is 275 g/mol. The number of hydrazone groups is 1. The Labute approximate surface area is 119 Å². The molecule has 1 aromatic carbocycles. The van der Waals surface area contributed by atoms with Gasteiger partial charge in [-0.15, -0.1) is 0 Å². The average molecular weight is 275 g/mol. The molecule has 0 bridgehead atoms. The van der Waals surface area contributed by atoms with E-state index in [1.165, 1.54) is 11.3 Å². The predicted octanol–water partition coefficient (Wildman–Crippen LogP) is 1.70. The number of nitrogens with zero attached hydrogens (tertiary/aromatic N) is 1.